The molecule has 116 valence electrons. The summed E-state index contributed by atoms with van der Waals surface area (Å²) in [5.41, 5.74) is 1.14. The number of likely N-dealkylation sites (N-methyl/N-ethyl adjacent to an activating group) is 1. The van der Waals surface area contributed by atoms with Crippen LogP contribution in [0.1, 0.15) is 34.7 Å². The van der Waals surface area contributed by atoms with Crippen molar-refractivity contribution < 1.29 is 14.1 Å². The summed E-state index contributed by atoms with van der Waals surface area (Å²) in [6, 6.07) is 0.132. The third-order valence-electron chi connectivity index (χ3n) is 3.83. The van der Waals surface area contributed by atoms with Gasteiger partial charge in [-0.25, -0.2) is 0 Å². The third kappa shape index (κ3) is 3.81. The third-order valence-corrected chi connectivity index (χ3v) is 3.83. The molecule has 0 bridgehead atoms. The maximum absolute atomic E-state index is 12.2. The van der Waals surface area contributed by atoms with E-state index in [1.165, 1.54) is 0 Å². The summed E-state index contributed by atoms with van der Waals surface area (Å²) in [6.45, 7) is 5.53. The average molecular weight is 294 g/mol. The van der Waals surface area contributed by atoms with Crippen molar-refractivity contribution in [3.05, 3.63) is 17.0 Å². The minimum atomic E-state index is -0.129. The molecule has 2 N–H and O–H groups in total. The number of piperidine rings is 1. The van der Waals surface area contributed by atoms with E-state index in [1.54, 1.807) is 20.9 Å². The Hall–Kier alpha value is -1.89. The summed E-state index contributed by atoms with van der Waals surface area (Å²) in [5, 5.41) is 9.44. The highest BCUT2D eigenvalue weighted by Gasteiger charge is 2.24. The normalized spacial score (nSPS) is 16.7. The Bertz CT molecular complexity index is 499. The number of nitrogens with zero attached hydrogens (tertiary/aromatic N) is 2. The molecule has 1 saturated heterocycles. The molecule has 21 heavy (non-hydrogen) atoms. The molecular formula is C14H22N4O3. The SMILES string of the molecule is CNC(=O)CN1CCC(NC(=O)c2c(C)noc2C)CC1. The van der Waals surface area contributed by atoms with Crippen LogP contribution >= 0.6 is 0 Å². The summed E-state index contributed by atoms with van der Waals surface area (Å²) in [4.78, 5) is 25.7. The van der Waals surface area contributed by atoms with Crippen LogP contribution < -0.4 is 10.6 Å². The van der Waals surface area contributed by atoms with Crippen LogP contribution in [-0.2, 0) is 4.79 Å². The first-order valence-electron chi connectivity index (χ1n) is 7.18. The molecule has 0 unspecified atom stereocenters. The number of rotatable bonds is 4. The van der Waals surface area contributed by atoms with Crippen LogP contribution in [0.25, 0.3) is 0 Å². The van der Waals surface area contributed by atoms with Gasteiger partial charge in [0.25, 0.3) is 5.91 Å². The van der Waals surface area contributed by atoms with Gasteiger partial charge in [0, 0.05) is 26.2 Å². The highest BCUT2D eigenvalue weighted by molar-refractivity contribution is 5.96. The number of aryl methyl sites for hydroxylation is 2. The summed E-state index contributed by atoms with van der Waals surface area (Å²) >= 11 is 0. The van der Waals surface area contributed by atoms with Gasteiger partial charge in [-0.15, -0.1) is 0 Å². The van der Waals surface area contributed by atoms with Gasteiger partial charge >= 0.3 is 0 Å². The minimum Gasteiger partial charge on any atom is -0.361 e. The number of likely N-dealkylation sites (tertiary alicyclic amines) is 1. The van der Waals surface area contributed by atoms with Crippen molar-refractivity contribution in [3.8, 4) is 0 Å². The number of aromatic nitrogens is 1. The van der Waals surface area contributed by atoms with Gasteiger partial charge in [-0.05, 0) is 26.7 Å². The van der Waals surface area contributed by atoms with Crippen molar-refractivity contribution in [1.82, 2.24) is 20.7 Å². The molecule has 0 atom stereocenters. The zero-order valence-electron chi connectivity index (χ0n) is 12.7. The molecule has 0 aromatic carbocycles. The molecule has 2 amide bonds. The molecule has 0 spiro atoms. The van der Waals surface area contributed by atoms with E-state index in [4.69, 9.17) is 4.52 Å². The molecule has 0 aliphatic carbocycles. The average Bonchev–Trinajstić information content (AvgIpc) is 2.80. The molecule has 2 rings (SSSR count). The van der Waals surface area contributed by atoms with Crippen LogP contribution in [0.5, 0.6) is 0 Å². The van der Waals surface area contributed by atoms with Gasteiger partial charge in [-0.3, -0.25) is 14.5 Å². The number of carbonyl (C=O) groups is 2. The lowest BCUT2D eigenvalue weighted by Gasteiger charge is -2.31. The molecule has 1 aliphatic rings. The Labute approximate surface area is 124 Å². The zero-order chi connectivity index (χ0) is 15.4. The van der Waals surface area contributed by atoms with Crippen LogP contribution in [0.2, 0.25) is 0 Å². The molecule has 0 radical (unpaired) electrons. The summed E-state index contributed by atoms with van der Waals surface area (Å²) in [5.74, 6) is 0.436. The first kappa shape index (κ1) is 15.5. The van der Waals surface area contributed by atoms with Crippen molar-refractivity contribution in [2.24, 2.45) is 0 Å². The maximum Gasteiger partial charge on any atom is 0.257 e. The first-order valence-corrected chi connectivity index (χ1v) is 7.18. The fraction of sp³-hybridized carbons (Fsp3) is 0.643. The monoisotopic (exact) mass is 294 g/mol. The van der Waals surface area contributed by atoms with E-state index < -0.39 is 0 Å². The number of hydrogen-bond acceptors (Lipinski definition) is 5. The van der Waals surface area contributed by atoms with Crippen molar-refractivity contribution >= 4 is 11.8 Å². The minimum absolute atomic E-state index is 0.0215. The van der Waals surface area contributed by atoms with Crippen molar-refractivity contribution in [2.45, 2.75) is 32.7 Å². The van der Waals surface area contributed by atoms with Crippen LogP contribution in [0.15, 0.2) is 4.52 Å². The van der Waals surface area contributed by atoms with Crippen LogP contribution in [0.4, 0.5) is 0 Å². The Balaban J connectivity index is 1.84. The highest BCUT2D eigenvalue weighted by atomic mass is 16.5. The molecule has 0 saturated carbocycles. The summed E-state index contributed by atoms with van der Waals surface area (Å²) < 4.78 is 5.02. The van der Waals surface area contributed by atoms with Crippen molar-refractivity contribution in [3.63, 3.8) is 0 Å². The van der Waals surface area contributed by atoms with Gasteiger partial charge in [0.1, 0.15) is 11.3 Å². The van der Waals surface area contributed by atoms with Crippen LogP contribution in [0, 0.1) is 13.8 Å². The maximum atomic E-state index is 12.2. The lowest BCUT2D eigenvalue weighted by molar-refractivity contribution is -0.122. The summed E-state index contributed by atoms with van der Waals surface area (Å²) in [7, 11) is 1.64. The second-order valence-electron chi connectivity index (χ2n) is 5.40. The second-order valence-corrected chi connectivity index (χ2v) is 5.40. The van der Waals surface area contributed by atoms with E-state index in [0.717, 1.165) is 25.9 Å². The molecule has 7 nitrogen and oxygen atoms in total. The second kappa shape index (κ2) is 6.71. The van der Waals surface area contributed by atoms with E-state index >= 15 is 0 Å². The van der Waals surface area contributed by atoms with Crippen LogP contribution in [0.3, 0.4) is 0 Å². The van der Waals surface area contributed by atoms with Gasteiger partial charge in [0.2, 0.25) is 5.91 Å². The number of nitrogens with one attached hydrogen (secondary N) is 2. The van der Waals surface area contributed by atoms with Gasteiger partial charge in [0.05, 0.1) is 12.2 Å². The number of hydrogen-bond donors (Lipinski definition) is 2. The molecule has 7 heteroatoms. The standard InChI is InChI=1S/C14H22N4O3/c1-9-13(10(2)21-17-9)14(20)16-11-4-6-18(7-5-11)8-12(19)15-3/h11H,4-8H2,1-3H3,(H,15,19)(H,16,20). The zero-order valence-corrected chi connectivity index (χ0v) is 12.7. The van der Waals surface area contributed by atoms with Gasteiger partial charge in [0.15, 0.2) is 0 Å². The fourth-order valence-electron chi connectivity index (χ4n) is 2.58. The quantitative estimate of drug-likeness (QED) is 0.830. The fourth-order valence-corrected chi connectivity index (χ4v) is 2.58. The molecule has 1 aromatic heterocycles. The Kier molecular flexibility index (Phi) is 4.95. The first-order chi connectivity index (χ1) is 10.0. The Morgan fingerprint density at radius 3 is 2.52 bits per heavy atom. The molecule has 1 aliphatic heterocycles. The van der Waals surface area contributed by atoms with Gasteiger partial charge in [-0.2, -0.15) is 0 Å². The lowest BCUT2D eigenvalue weighted by atomic mass is 10.0. The van der Waals surface area contributed by atoms with Crippen LogP contribution in [-0.4, -0.2) is 54.6 Å². The smallest absolute Gasteiger partial charge is 0.257 e. The van der Waals surface area contributed by atoms with E-state index in [1.807, 2.05) is 0 Å². The van der Waals surface area contributed by atoms with E-state index in [9.17, 15) is 9.59 Å². The predicted octanol–water partition coefficient (Wildman–Crippen LogP) is 0.232. The largest absolute Gasteiger partial charge is 0.361 e. The topological polar surface area (TPSA) is 87.5 Å². The number of amides is 2. The van der Waals surface area contributed by atoms with Gasteiger partial charge in [-0.1, -0.05) is 5.16 Å². The lowest BCUT2D eigenvalue weighted by Crippen LogP contribution is -2.47. The summed E-state index contributed by atoms with van der Waals surface area (Å²) in [6.07, 6.45) is 1.68. The van der Waals surface area contributed by atoms with Crippen molar-refractivity contribution in [1.29, 1.82) is 0 Å². The molecule has 2 heterocycles. The number of carbonyl (C=O) groups excluding carboxylic acids is 2. The Morgan fingerprint density at radius 1 is 1.33 bits per heavy atom. The van der Waals surface area contributed by atoms with Crippen molar-refractivity contribution in [2.75, 3.05) is 26.7 Å². The highest BCUT2D eigenvalue weighted by Crippen LogP contribution is 2.15. The molecule has 1 aromatic rings. The predicted molar refractivity (Wildman–Crippen MR) is 77.0 cm³/mol. The van der Waals surface area contributed by atoms with E-state index in [-0.39, 0.29) is 17.9 Å². The Morgan fingerprint density at radius 2 is 2.00 bits per heavy atom. The molecular weight excluding hydrogens is 272 g/mol. The molecule has 1 fully saturated rings. The van der Waals surface area contributed by atoms with E-state index in [2.05, 4.69) is 20.7 Å². The van der Waals surface area contributed by atoms with E-state index in [0.29, 0.717) is 23.6 Å². The van der Waals surface area contributed by atoms with Gasteiger partial charge < -0.3 is 15.2 Å².